The molecule has 0 bridgehead atoms. The fourth-order valence-corrected chi connectivity index (χ4v) is 5.92. The lowest BCUT2D eigenvalue weighted by Gasteiger charge is -2.40. The van der Waals surface area contributed by atoms with Gasteiger partial charge in [0.25, 0.3) is 0 Å². The average molecular weight is 548 g/mol. The molecule has 1 amide bonds. The third-order valence-corrected chi connectivity index (χ3v) is 8.10. The average Bonchev–Trinajstić information content (AvgIpc) is 3.64. The number of piperazine rings is 1. The molecule has 3 aromatic rings. The second kappa shape index (κ2) is 9.47. The van der Waals surface area contributed by atoms with Crippen LogP contribution in [0, 0.1) is 6.92 Å². The summed E-state index contributed by atoms with van der Waals surface area (Å²) in [5.41, 5.74) is 5.17. The fourth-order valence-electron chi connectivity index (χ4n) is 5.74. The number of fused-ring (bicyclic) bond motifs is 2. The number of hydrogen-bond acceptors (Lipinski definition) is 6. The minimum atomic E-state index is -0.604. The molecule has 2 atom stereocenters. The standard InChI is InChI=1S/C30H34ClN5O3/c1-19-33-17-25(34(19)5)30(18-38-30)24-15-20-7-6-10-32-26(20)27(22-9-8-21(31)16-23(22)24)35-11-13-36(14-12-35)28(37)39-29(2,3)4/h6-10,15-17,27H,11-14,18H2,1-5H3/t27-,30?/m0/s1. The maximum atomic E-state index is 12.7. The van der Waals surface area contributed by atoms with Crippen molar-refractivity contribution in [3.63, 3.8) is 0 Å². The predicted octanol–water partition coefficient (Wildman–Crippen LogP) is 5.20. The van der Waals surface area contributed by atoms with E-state index in [1.807, 2.05) is 65.3 Å². The molecule has 2 saturated heterocycles. The van der Waals surface area contributed by atoms with Gasteiger partial charge in [0, 0.05) is 50.0 Å². The van der Waals surface area contributed by atoms with Crippen LogP contribution >= 0.6 is 11.6 Å². The van der Waals surface area contributed by atoms with E-state index in [0.717, 1.165) is 39.5 Å². The Kier molecular flexibility index (Phi) is 6.32. The molecular formula is C30H34ClN5O3. The van der Waals surface area contributed by atoms with Gasteiger partial charge in [-0.2, -0.15) is 0 Å². The van der Waals surface area contributed by atoms with Gasteiger partial charge < -0.3 is 18.9 Å². The number of amides is 1. The SMILES string of the molecule is Cc1ncc(C2(C3=Cc4cccnc4[C@@H](N4CCN(C(=O)OC(C)(C)C)CC4)c4ccc(Cl)cc43)CO2)n1C. The highest BCUT2D eigenvalue weighted by Gasteiger charge is 2.54. The number of carbonyl (C=O) groups excluding carboxylic acids is 1. The van der Waals surface area contributed by atoms with Crippen LogP contribution in [0.3, 0.4) is 0 Å². The molecule has 9 heteroatoms. The summed E-state index contributed by atoms with van der Waals surface area (Å²) < 4.78 is 14.0. The van der Waals surface area contributed by atoms with E-state index in [9.17, 15) is 4.79 Å². The summed E-state index contributed by atoms with van der Waals surface area (Å²) in [6, 6.07) is 10.1. The molecule has 6 rings (SSSR count). The van der Waals surface area contributed by atoms with Crippen LogP contribution in [0.25, 0.3) is 11.6 Å². The van der Waals surface area contributed by atoms with E-state index in [0.29, 0.717) is 37.8 Å². The Labute approximate surface area is 234 Å². The molecular weight excluding hydrogens is 514 g/mol. The van der Waals surface area contributed by atoms with Gasteiger partial charge in [0.05, 0.1) is 30.2 Å². The number of rotatable bonds is 3. The van der Waals surface area contributed by atoms with Gasteiger partial charge in [-0.05, 0) is 68.7 Å². The highest BCUT2D eigenvalue weighted by atomic mass is 35.5. The molecule has 0 N–H and O–H groups in total. The van der Waals surface area contributed by atoms with E-state index in [-0.39, 0.29) is 12.1 Å². The van der Waals surface area contributed by atoms with Crippen molar-refractivity contribution in [2.45, 2.75) is 44.9 Å². The van der Waals surface area contributed by atoms with Crippen LogP contribution in [-0.2, 0) is 22.1 Å². The quantitative estimate of drug-likeness (QED) is 0.420. The lowest BCUT2D eigenvalue weighted by atomic mass is 9.86. The van der Waals surface area contributed by atoms with Crippen molar-refractivity contribution in [1.29, 1.82) is 0 Å². The van der Waals surface area contributed by atoms with Crippen molar-refractivity contribution >= 4 is 29.3 Å². The van der Waals surface area contributed by atoms with Crippen molar-refractivity contribution in [2.75, 3.05) is 32.8 Å². The fraction of sp³-hybridized carbons (Fsp3) is 0.433. The van der Waals surface area contributed by atoms with Crippen LogP contribution < -0.4 is 0 Å². The molecule has 2 aromatic heterocycles. The molecule has 2 fully saturated rings. The summed E-state index contributed by atoms with van der Waals surface area (Å²) in [5, 5.41) is 0.670. The molecule has 2 aliphatic heterocycles. The van der Waals surface area contributed by atoms with E-state index in [4.69, 9.17) is 26.1 Å². The molecule has 0 saturated carbocycles. The second-order valence-electron chi connectivity index (χ2n) is 11.5. The number of pyridine rings is 1. The summed E-state index contributed by atoms with van der Waals surface area (Å²) in [6.45, 7) is 10.8. The first-order valence-electron chi connectivity index (χ1n) is 13.4. The molecule has 0 radical (unpaired) electrons. The van der Waals surface area contributed by atoms with Crippen LogP contribution in [0.15, 0.2) is 42.7 Å². The van der Waals surface area contributed by atoms with Crippen LogP contribution in [0.5, 0.6) is 0 Å². The van der Waals surface area contributed by atoms with Crippen LogP contribution in [0.2, 0.25) is 5.02 Å². The molecule has 8 nitrogen and oxygen atoms in total. The van der Waals surface area contributed by atoms with Crippen LogP contribution in [0.4, 0.5) is 4.79 Å². The second-order valence-corrected chi connectivity index (χ2v) is 12.0. The van der Waals surface area contributed by atoms with E-state index in [1.54, 1.807) is 4.90 Å². The zero-order valence-corrected chi connectivity index (χ0v) is 23.8. The number of halogens is 1. The van der Waals surface area contributed by atoms with Crippen molar-refractivity contribution in [3.8, 4) is 0 Å². The maximum Gasteiger partial charge on any atom is 0.410 e. The smallest absolute Gasteiger partial charge is 0.410 e. The molecule has 0 spiro atoms. The topological polar surface area (TPSA) is 76.0 Å². The van der Waals surface area contributed by atoms with Gasteiger partial charge in [-0.15, -0.1) is 0 Å². The zero-order chi connectivity index (χ0) is 27.5. The Morgan fingerprint density at radius 1 is 1.15 bits per heavy atom. The Morgan fingerprint density at radius 2 is 1.90 bits per heavy atom. The predicted molar refractivity (Wildman–Crippen MR) is 150 cm³/mol. The van der Waals surface area contributed by atoms with Gasteiger partial charge in [-0.1, -0.05) is 23.7 Å². The molecule has 3 aliphatic rings. The van der Waals surface area contributed by atoms with Gasteiger partial charge in [0.1, 0.15) is 11.4 Å². The number of ether oxygens (including phenoxy) is 2. The summed E-state index contributed by atoms with van der Waals surface area (Å²) in [5.74, 6) is 0.934. The number of hydrogen-bond donors (Lipinski definition) is 0. The first-order valence-corrected chi connectivity index (χ1v) is 13.8. The molecule has 1 unspecified atom stereocenters. The maximum absolute atomic E-state index is 12.7. The number of nitrogens with zero attached hydrogens (tertiary/aromatic N) is 5. The van der Waals surface area contributed by atoms with Crippen molar-refractivity contribution in [1.82, 2.24) is 24.3 Å². The monoisotopic (exact) mass is 547 g/mol. The van der Waals surface area contributed by atoms with E-state index in [2.05, 4.69) is 32.7 Å². The zero-order valence-electron chi connectivity index (χ0n) is 23.1. The third-order valence-electron chi connectivity index (χ3n) is 7.86. The minimum absolute atomic E-state index is 0.105. The number of aromatic nitrogens is 3. The van der Waals surface area contributed by atoms with Gasteiger partial charge in [-0.25, -0.2) is 9.78 Å². The summed E-state index contributed by atoms with van der Waals surface area (Å²) >= 11 is 6.63. The molecule has 1 aliphatic carbocycles. The first-order chi connectivity index (χ1) is 18.6. The van der Waals surface area contributed by atoms with Gasteiger partial charge in [0.15, 0.2) is 5.60 Å². The number of carbonyl (C=O) groups is 1. The Morgan fingerprint density at radius 3 is 2.54 bits per heavy atom. The number of imidazole rings is 1. The highest BCUT2D eigenvalue weighted by Crippen LogP contribution is 2.54. The Balaban J connectivity index is 1.41. The van der Waals surface area contributed by atoms with Gasteiger partial charge in [0.2, 0.25) is 0 Å². The summed E-state index contributed by atoms with van der Waals surface area (Å²) in [4.78, 5) is 26.4. The minimum Gasteiger partial charge on any atom is -0.444 e. The van der Waals surface area contributed by atoms with Crippen molar-refractivity contribution in [2.24, 2.45) is 7.05 Å². The normalized spacial score (nSPS) is 23.0. The van der Waals surface area contributed by atoms with Crippen molar-refractivity contribution < 1.29 is 14.3 Å². The summed E-state index contributed by atoms with van der Waals surface area (Å²) in [6.07, 6.45) is 5.71. The number of benzene rings is 1. The lowest BCUT2D eigenvalue weighted by Crippen LogP contribution is -2.51. The van der Waals surface area contributed by atoms with Crippen LogP contribution in [0.1, 0.15) is 60.7 Å². The number of aryl methyl sites for hydroxylation is 1. The molecule has 39 heavy (non-hydrogen) atoms. The van der Waals surface area contributed by atoms with Crippen LogP contribution in [-0.4, -0.2) is 68.8 Å². The summed E-state index contributed by atoms with van der Waals surface area (Å²) in [7, 11) is 2.03. The first kappa shape index (κ1) is 26.0. The Bertz CT molecular complexity index is 1460. The highest BCUT2D eigenvalue weighted by molar-refractivity contribution is 6.30. The molecule has 4 heterocycles. The van der Waals surface area contributed by atoms with E-state index < -0.39 is 11.2 Å². The largest absolute Gasteiger partial charge is 0.444 e. The number of epoxide rings is 1. The molecule has 1 aromatic carbocycles. The third kappa shape index (κ3) is 4.64. The van der Waals surface area contributed by atoms with Gasteiger partial charge >= 0.3 is 6.09 Å². The van der Waals surface area contributed by atoms with Gasteiger partial charge in [-0.3, -0.25) is 9.88 Å². The lowest BCUT2D eigenvalue weighted by molar-refractivity contribution is 0.0118. The van der Waals surface area contributed by atoms with Crippen molar-refractivity contribution in [3.05, 3.63) is 81.7 Å². The van der Waals surface area contributed by atoms with E-state index in [1.165, 1.54) is 0 Å². The Hall–Kier alpha value is -3.20. The molecule has 204 valence electrons. The van der Waals surface area contributed by atoms with E-state index >= 15 is 0 Å².